The highest BCUT2D eigenvalue weighted by molar-refractivity contribution is 5.48. The summed E-state index contributed by atoms with van der Waals surface area (Å²) >= 11 is 0. The summed E-state index contributed by atoms with van der Waals surface area (Å²) in [7, 11) is 1.86. The molecule has 0 heterocycles. The second-order valence-electron chi connectivity index (χ2n) is 3.94. The number of rotatable bonds is 7. The summed E-state index contributed by atoms with van der Waals surface area (Å²) in [6.07, 6.45) is 0.708. The smallest absolute Gasteiger partial charge is 0.146 e. The van der Waals surface area contributed by atoms with Gasteiger partial charge in [-0.15, -0.1) is 0 Å². The molecular weight excluding hydrogens is 219 g/mol. The van der Waals surface area contributed by atoms with Crippen LogP contribution in [0.15, 0.2) is 18.2 Å². The largest absolute Gasteiger partial charge is 0.380 e. The number of hydrogen-bond acceptors (Lipinski definition) is 3. The van der Waals surface area contributed by atoms with Gasteiger partial charge in [0.1, 0.15) is 5.82 Å². The molecule has 1 aromatic carbocycles. The van der Waals surface area contributed by atoms with Crippen LogP contribution in [0.25, 0.3) is 0 Å². The molecule has 1 aromatic rings. The SMILES string of the molecule is CCOCCN(C)c1ccc(CCN)cc1F. The fourth-order valence-electron chi connectivity index (χ4n) is 1.65. The van der Waals surface area contributed by atoms with E-state index < -0.39 is 0 Å². The number of benzene rings is 1. The van der Waals surface area contributed by atoms with Crippen LogP contribution in [-0.2, 0) is 11.2 Å². The van der Waals surface area contributed by atoms with Gasteiger partial charge in [0, 0.05) is 20.2 Å². The summed E-state index contributed by atoms with van der Waals surface area (Å²) in [4.78, 5) is 1.86. The fourth-order valence-corrected chi connectivity index (χ4v) is 1.65. The highest BCUT2D eigenvalue weighted by Crippen LogP contribution is 2.19. The van der Waals surface area contributed by atoms with Crippen LogP contribution in [0.2, 0.25) is 0 Å². The number of hydrogen-bond donors (Lipinski definition) is 1. The van der Waals surface area contributed by atoms with Crippen molar-refractivity contribution >= 4 is 5.69 Å². The molecular formula is C13H21FN2O. The lowest BCUT2D eigenvalue weighted by Crippen LogP contribution is -2.23. The number of nitrogens with zero attached hydrogens (tertiary/aromatic N) is 1. The third-order valence-electron chi connectivity index (χ3n) is 2.63. The van der Waals surface area contributed by atoms with Crippen molar-refractivity contribution in [1.82, 2.24) is 0 Å². The molecule has 0 aliphatic heterocycles. The summed E-state index contributed by atoms with van der Waals surface area (Å²) in [5, 5.41) is 0. The van der Waals surface area contributed by atoms with Crippen LogP contribution >= 0.6 is 0 Å². The van der Waals surface area contributed by atoms with Gasteiger partial charge in [-0.05, 0) is 37.6 Å². The molecule has 4 heteroatoms. The molecule has 0 saturated carbocycles. The first-order chi connectivity index (χ1) is 8.19. The molecule has 1 rings (SSSR count). The van der Waals surface area contributed by atoms with Gasteiger partial charge in [-0.1, -0.05) is 6.07 Å². The average molecular weight is 240 g/mol. The molecule has 0 amide bonds. The standard InChI is InChI=1S/C13H21FN2O/c1-3-17-9-8-16(2)13-5-4-11(6-7-15)10-12(13)14/h4-5,10H,3,6-9,15H2,1-2H3. The third-order valence-corrected chi connectivity index (χ3v) is 2.63. The van der Waals surface area contributed by atoms with Crippen molar-refractivity contribution in [3.63, 3.8) is 0 Å². The molecule has 17 heavy (non-hydrogen) atoms. The molecule has 0 atom stereocenters. The molecule has 2 N–H and O–H groups in total. The number of anilines is 1. The normalized spacial score (nSPS) is 10.6. The van der Waals surface area contributed by atoms with E-state index in [1.165, 1.54) is 0 Å². The number of likely N-dealkylation sites (N-methyl/N-ethyl adjacent to an activating group) is 1. The van der Waals surface area contributed by atoms with Gasteiger partial charge < -0.3 is 15.4 Å². The van der Waals surface area contributed by atoms with Crippen molar-refractivity contribution in [3.05, 3.63) is 29.6 Å². The zero-order chi connectivity index (χ0) is 12.7. The Morgan fingerprint density at radius 3 is 2.76 bits per heavy atom. The minimum atomic E-state index is -0.199. The molecule has 0 fully saturated rings. The summed E-state index contributed by atoms with van der Waals surface area (Å²) < 4.78 is 19.1. The van der Waals surface area contributed by atoms with Gasteiger partial charge in [0.2, 0.25) is 0 Å². The lowest BCUT2D eigenvalue weighted by Gasteiger charge is -2.20. The molecule has 0 spiro atoms. The van der Waals surface area contributed by atoms with Crippen LogP contribution in [-0.4, -0.2) is 33.4 Å². The summed E-state index contributed by atoms with van der Waals surface area (Å²) in [5.74, 6) is -0.199. The lowest BCUT2D eigenvalue weighted by atomic mass is 10.1. The molecule has 0 bridgehead atoms. The second-order valence-corrected chi connectivity index (χ2v) is 3.94. The second kappa shape index (κ2) is 7.25. The van der Waals surface area contributed by atoms with E-state index >= 15 is 0 Å². The Balaban J connectivity index is 2.63. The van der Waals surface area contributed by atoms with E-state index in [9.17, 15) is 4.39 Å². The number of halogens is 1. The van der Waals surface area contributed by atoms with E-state index in [0.717, 1.165) is 5.56 Å². The maximum absolute atomic E-state index is 13.8. The number of nitrogens with two attached hydrogens (primary N) is 1. The van der Waals surface area contributed by atoms with Crippen LogP contribution in [0.5, 0.6) is 0 Å². The molecule has 0 unspecified atom stereocenters. The van der Waals surface area contributed by atoms with Crippen molar-refractivity contribution in [2.24, 2.45) is 5.73 Å². The highest BCUT2D eigenvalue weighted by Gasteiger charge is 2.07. The van der Waals surface area contributed by atoms with E-state index in [4.69, 9.17) is 10.5 Å². The molecule has 0 radical (unpaired) electrons. The van der Waals surface area contributed by atoms with E-state index in [0.29, 0.717) is 38.4 Å². The monoisotopic (exact) mass is 240 g/mol. The Bertz CT molecular complexity index is 344. The van der Waals surface area contributed by atoms with E-state index in [2.05, 4.69) is 0 Å². The van der Waals surface area contributed by atoms with Crippen LogP contribution in [0, 0.1) is 5.82 Å². The molecule has 3 nitrogen and oxygen atoms in total. The van der Waals surface area contributed by atoms with E-state index in [-0.39, 0.29) is 5.82 Å². The van der Waals surface area contributed by atoms with Gasteiger partial charge in [-0.3, -0.25) is 0 Å². The Morgan fingerprint density at radius 1 is 1.41 bits per heavy atom. The predicted octanol–water partition coefficient (Wildman–Crippen LogP) is 1.80. The first-order valence-corrected chi connectivity index (χ1v) is 5.96. The lowest BCUT2D eigenvalue weighted by molar-refractivity contribution is 0.154. The third kappa shape index (κ3) is 4.32. The van der Waals surface area contributed by atoms with Gasteiger partial charge in [-0.2, -0.15) is 0 Å². The van der Waals surface area contributed by atoms with Crippen molar-refractivity contribution in [2.45, 2.75) is 13.3 Å². The Morgan fingerprint density at radius 2 is 2.18 bits per heavy atom. The van der Waals surface area contributed by atoms with Gasteiger partial charge in [0.15, 0.2) is 0 Å². The average Bonchev–Trinajstić information content (AvgIpc) is 2.29. The minimum Gasteiger partial charge on any atom is -0.380 e. The molecule has 0 aliphatic carbocycles. The first kappa shape index (κ1) is 13.9. The maximum Gasteiger partial charge on any atom is 0.146 e. The summed E-state index contributed by atoms with van der Waals surface area (Å²) in [5.41, 5.74) is 6.98. The minimum absolute atomic E-state index is 0.199. The van der Waals surface area contributed by atoms with E-state index in [1.807, 2.05) is 24.9 Å². The predicted molar refractivity (Wildman–Crippen MR) is 68.9 cm³/mol. The van der Waals surface area contributed by atoms with Gasteiger partial charge in [-0.25, -0.2) is 4.39 Å². The topological polar surface area (TPSA) is 38.5 Å². The zero-order valence-corrected chi connectivity index (χ0v) is 10.6. The Kier molecular flexibility index (Phi) is 5.94. The van der Waals surface area contributed by atoms with Crippen LogP contribution in [0.4, 0.5) is 10.1 Å². The first-order valence-electron chi connectivity index (χ1n) is 5.96. The quantitative estimate of drug-likeness (QED) is 0.739. The van der Waals surface area contributed by atoms with E-state index in [1.54, 1.807) is 12.1 Å². The molecule has 0 saturated heterocycles. The van der Waals surface area contributed by atoms with Crippen LogP contribution in [0.1, 0.15) is 12.5 Å². The number of ether oxygens (including phenoxy) is 1. The zero-order valence-electron chi connectivity index (χ0n) is 10.6. The van der Waals surface area contributed by atoms with Crippen molar-refractivity contribution in [1.29, 1.82) is 0 Å². The van der Waals surface area contributed by atoms with Gasteiger partial charge >= 0.3 is 0 Å². The molecule has 96 valence electrons. The Hall–Kier alpha value is -1.13. The van der Waals surface area contributed by atoms with Crippen molar-refractivity contribution in [3.8, 4) is 0 Å². The van der Waals surface area contributed by atoms with Crippen LogP contribution < -0.4 is 10.6 Å². The summed E-state index contributed by atoms with van der Waals surface area (Å²) in [6, 6.07) is 5.27. The summed E-state index contributed by atoms with van der Waals surface area (Å²) in [6.45, 7) is 4.46. The van der Waals surface area contributed by atoms with Crippen molar-refractivity contribution in [2.75, 3.05) is 38.3 Å². The molecule has 0 aliphatic rings. The van der Waals surface area contributed by atoms with Crippen molar-refractivity contribution < 1.29 is 9.13 Å². The fraction of sp³-hybridized carbons (Fsp3) is 0.538. The van der Waals surface area contributed by atoms with Crippen LogP contribution in [0.3, 0.4) is 0 Å². The van der Waals surface area contributed by atoms with Gasteiger partial charge in [0.25, 0.3) is 0 Å². The maximum atomic E-state index is 13.8. The highest BCUT2D eigenvalue weighted by atomic mass is 19.1. The van der Waals surface area contributed by atoms with Gasteiger partial charge in [0.05, 0.1) is 12.3 Å². The molecule has 0 aromatic heterocycles. The Labute approximate surface area is 102 Å².